The van der Waals surface area contributed by atoms with Crippen LogP contribution in [-0.2, 0) is 0 Å². The van der Waals surface area contributed by atoms with Gasteiger partial charge in [0.2, 0.25) is 0 Å². The Bertz CT molecular complexity index is 608. The summed E-state index contributed by atoms with van der Waals surface area (Å²) in [6.45, 7) is 0. The minimum absolute atomic E-state index is 0.397. The third-order valence-electron chi connectivity index (χ3n) is 7.28. The second-order valence-electron chi connectivity index (χ2n) is 9.15. The second kappa shape index (κ2) is 11.1. The second-order valence-corrected chi connectivity index (χ2v) is 9.15. The predicted octanol–water partition coefficient (Wildman–Crippen LogP) is 8.48. The number of halogens is 3. The summed E-state index contributed by atoms with van der Waals surface area (Å²) in [5, 5.41) is 0. The summed E-state index contributed by atoms with van der Waals surface area (Å²) in [6, 6.07) is 4.42. The molecule has 0 spiro atoms. The largest absolute Gasteiger partial charge is 0.216 e. The lowest BCUT2D eigenvalue weighted by atomic mass is 9.74. The monoisotopic (exact) mass is 392 g/mol. The molecule has 0 saturated heterocycles. The average Bonchev–Trinajstić information content (AvgIpc) is 2.73. The van der Waals surface area contributed by atoms with Crippen molar-refractivity contribution in [3.05, 3.63) is 47.8 Å². The van der Waals surface area contributed by atoms with E-state index in [0.29, 0.717) is 12.2 Å². The number of hydrogen-bond acceptors (Lipinski definition) is 0. The molecule has 3 heteroatoms. The molecule has 2 aliphatic rings. The van der Waals surface area contributed by atoms with E-state index in [0.717, 1.165) is 49.0 Å². The lowest BCUT2D eigenvalue weighted by molar-refractivity contribution is 0.223. The van der Waals surface area contributed by atoms with Crippen LogP contribution in [0.5, 0.6) is 0 Å². The lowest BCUT2D eigenvalue weighted by Gasteiger charge is -2.32. The number of rotatable bonds is 8. The minimum Gasteiger partial charge on any atom is -0.216 e. The number of hydrogen-bond donors (Lipinski definition) is 0. The van der Waals surface area contributed by atoms with Crippen LogP contribution in [0.2, 0.25) is 0 Å². The zero-order valence-electron chi connectivity index (χ0n) is 17.0. The highest BCUT2D eigenvalue weighted by Crippen LogP contribution is 2.40. The Kier molecular flexibility index (Phi) is 8.48. The van der Waals surface area contributed by atoms with E-state index < -0.39 is 11.6 Å². The molecule has 0 radical (unpaired) electrons. The van der Waals surface area contributed by atoms with Crippen LogP contribution in [0.3, 0.4) is 0 Å². The average molecular weight is 393 g/mol. The molecule has 0 nitrogen and oxygen atoms in total. The summed E-state index contributed by atoms with van der Waals surface area (Å²) < 4.78 is 38.6. The molecule has 28 heavy (non-hydrogen) atoms. The van der Waals surface area contributed by atoms with Crippen LogP contribution >= 0.6 is 0 Å². The highest BCUT2D eigenvalue weighted by Gasteiger charge is 2.25. The molecule has 1 aromatic carbocycles. The lowest BCUT2D eigenvalue weighted by Crippen LogP contribution is -2.18. The molecule has 0 aliphatic heterocycles. The standard InChI is InChI=1S/C25H35F3/c26-17-3-1-2-4-19-5-7-20(8-6-19)9-10-21-11-13-22(14-12-21)23-15-16-24(27)25(28)18-23/h3,15-22H,1-2,4-14H2. The molecule has 2 saturated carbocycles. The van der Waals surface area contributed by atoms with Crippen molar-refractivity contribution in [3.63, 3.8) is 0 Å². The van der Waals surface area contributed by atoms with Crippen LogP contribution in [0.4, 0.5) is 13.2 Å². The summed E-state index contributed by atoms with van der Waals surface area (Å²) in [4.78, 5) is 0. The molecule has 0 bridgehead atoms. The van der Waals surface area contributed by atoms with Crippen LogP contribution in [0, 0.1) is 29.4 Å². The van der Waals surface area contributed by atoms with Crippen LogP contribution in [0.25, 0.3) is 0 Å². The third kappa shape index (κ3) is 6.39. The Labute approximate surface area is 168 Å². The van der Waals surface area contributed by atoms with Gasteiger partial charge in [-0.2, -0.15) is 0 Å². The maximum atomic E-state index is 13.5. The molecule has 2 aliphatic carbocycles. The normalized spacial score (nSPS) is 28.7. The van der Waals surface area contributed by atoms with Crippen molar-refractivity contribution in [1.29, 1.82) is 0 Å². The highest BCUT2D eigenvalue weighted by molar-refractivity contribution is 5.22. The molecule has 0 heterocycles. The highest BCUT2D eigenvalue weighted by atomic mass is 19.2. The van der Waals surface area contributed by atoms with Gasteiger partial charge in [-0.3, -0.25) is 0 Å². The molecule has 0 atom stereocenters. The molecule has 0 aromatic heterocycles. The summed E-state index contributed by atoms with van der Waals surface area (Å²) in [5.74, 6) is 1.50. The van der Waals surface area contributed by atoms with Gasteiger partial charge >= 0.3 is 0 Å². The Morgan fingerprint density at radius 3 is 1.89 bits per heavy atom. The van der Waals surface area contributed by atoms with Crippen molar-refractivity contribution in [2.75, 3.05) is 0 Å². The molecular formula is C25H35F3. The van der Waals surface area contributed by atoms with Gasteiger partial charge < -0.3 is 0 Å². The molecule has 0 N–H and O–H groups in total. The van der Waals surface area contributed by atoms with E-state index in [-0.39, 0.29) is 0 Å². The van der Waals surface area contributed by atoms with E-state index in [2.05, 4.69) is 0 Å². The van der Waals surface area contributed by atoms with Crippen molar-refractivity contribution < 1.29 is 13.2 Å². The molecule has 3 rings (SSSR count). The van der Waals surface area contributed by atoms with Crippen molar-refractivity contribution in [3.8, 4) is 0 Å². The Morgan fingerprint density at radius 2 is 1.32 bits per heavy atom. The molecule has 0 amide bonds. The molecular weight excluding hydrogens is 357 g/mol. The van der Waals surface area contributed by atoms with E-state index in [1.807, 2.05) is 0 Å². The first-order valence-electron chi connectivity index (χ1n) is 11.4. The molecule has 1 aromatic rings. The first-order chi connectivity index (χ1) is 13.7. The van der Waals surface area contributed by atoms with Crippen molar-refractivity contribution >= 4 is 0 Å². The van der Waals surface area contributed by atoms with E-state index in [9.17, 15) is 13.2 Å². The first-order valence-corrected chi connectivity index (χ1v) is 11.4. The van der Waals surface area contributed by atoms with Gasteiger partial charge in [-0.15, -0.1) is 0 Å². The first kappa shape index (κ1) is 21.5. The fraction of sp³-hybridized carbons (Fsp3) is 0.680. The smallest absolute Gasteiger partial charge is 0.159 e. The van der Waals surface area contributed by atoms with Crippen molar-refractivity contribution in [2.24, 2.45) is 17.8 Å². The van der Waals surface area contributed by atoms with E-state index in [1.54, 1.807) is 12.1 Å². The SMILES string of the molecule is FC=CCCCC1CCC(CCC2CCC(c3ccc(F)c(F)c3)CC2)CC1. The topological polar surface area (TPSA) is 0 Å². The number of benzene rings is 1. The minimum atomic E-state index is -0.747. The van der Waals surface area contributed by atoms with Gasteiger partial charge in [-0.1, -0.05) is 57.1 Å². The Morgan fingerprint density at radius 1 is 0.750 bits per heavy atom. The van der Waals surface area contributed by atoms with Crippen LogP contribution in [0.15, 0.2) is 30.6 Å². The zero-order valence-corrected chi connectivity index (χ0v) is 17.0. The zero-order chi connectivity index (χ0) is 19.8. The third-order valence-corrected chi connectivity index (χ3v) is 7.28. The maximum absolute atomic E-state index is 13.5. The summed E-state index contributed by atoms with van der Waals surface area (Å²) in [6.07, 6.45) is 18.4. The van der Waals surface area contributed by atoms with Gasteiger partial charge in [0.1, 0.15) is 0 Å². The van der Waals surface area contributed by atoms with E-state index in [4.69, 9.17) is 0 Å². The summed E-state index contributed by atoms with van der Waals surface area (Å²) in [5.41, 5.74) is 0.970. The van der Waals surface area contributed by atoms with E-state index in [1.165, 1.54) is 69.9 Å². The molecule has 156 valence electrons. The predicted molar refractivity (Wildman–Crippen MR) is 110 cm³/mol. The van der Waals surface area contributed by atoms with Gasteiger partial charge in [-0.05, 0) is 79.9 Å². The van der Waals surface area contributed by atoms with Gasteiger partial charge in [0.05, 0.1) is 6.33 Å². The van der Waals surface area contributed by atoms with Gasteiger partial charge in [-0.25, -0.2) is 13.2 Å². The fourth-order valence-electron chi connectivity index (χ4n) is 5.42. The number of unbranched alkanes of at least 4 members (excludes halogenated alkanes) is 1. The van der Waals surface area contributed by atoms with Crippen LogP contribution < -0.4 is 0 Å². The van der Waals surface area contributed by atoms with Crippen LogP contribution in [0.1, 0.15) is 95.0 Å². The fourth-order valence-corrected chi connectivity index (χ4v) is 5.42. The maximum Gasteiger partial charge on any atom is 0.159 e. The van der Waals surface area contributed by atoms with E-state index >= 15 is 0 Å². The Hall–Kier alpha value is -1.25. The Balaban J connectivity index is 1.31. The van der Waals surface area contributed by atoms with Gasteiger partial charge in [0.15, 0.2) is 11.6 Å². The quantitative estimate of drug-likeness (QED) is 0.389. The molecule has 2 fully saturated rings. The van der Waals surface area contributed by atoms with Gasteiger partial charge in [0, 0.05) is 0 Å². The summed E-state index contributed by atoms with van der Waals surface area (Å²) >= 11 is 0. The molecule has 0 unspecified atom stereocenters. The van der Waals surface area contributed by atoms with Gasteiger partial charge in [0.25, 0.3) is 0 Å². The van der Waals surface area contributed by atoms with Crippen molar-refractivity contribution in [2.45, 2.75) is 89.4 Å². The number of allylic oxidation sites excluding steroid dienone is 1. The summed E-state index contributed by atoms with van der Waals surface area (Å²) in [7, 11) is 0. The van der Waals surface area contributed by atoms with Crippen molar-refractivity contribution in [1.82, 2.24) is 0 Å². The van der Waals surface area contributed by atoms with Crippen LogP contribution in [-0.4, -0.2) is 0 Å².